The molecule has 3 aliphatic carbocycles. The molecule has 4 aromatic carbocycles. The molecule has 5 atom stereocenters. The molecular weight excluding hydrogens is 439 g/mol. The lowest BCUT2D eigenvalue weighted by Gasteiger charge is -2.54. The smallest absolute Gasteiger partial charge is 0.423 e. The average molecular weight is 472 g/mol. The first kappa shape index (κ1) is 22.3. The summed E-state index contributed by atoms with van der Waals surface area (Å²) in [6.45, 7) is 5.00. The highest BCUT2D eigenvalue weighted by molar-refractivity contribution is 6.58. The molecule has 36 heavy (non-hydrogen) atoms. The molecule has 2 nitrogen and oxygen atoms in total. The van der Waals surface area contributed by atoms with Crippen molar-refractivity contribution in [2.24, 2.45) is 23.7 Å². The number of fused-ring (bicyclic) bond motifs is 10. The third kappa shape index (κ3) is 3.06. The maximum Gasteiger partial charge on any atom is 0.488 e. The van der Waals surface area contributed by atoms with Crippen LogP contribution in [0.2, 0.25) is 0 Å². The van der Waals surface area contributed by atoms with Crippen molar-refractivity contribution in [2.45, 2.75) is 44.9 Å². The minimum Gasteiger partial charge on any atom is -0.423 e. The fourth-order valence-corrected chi connectivity index (χ4v) is 8.57. The van der Waals surface area contributed by atoms with Crippen molar-refractivity contribution in [2.75, 3.05) is 0 Å². The van der Waals surface area contributed by atoms with E-state index in [4.69, 9.17) is 0 Å². The highest BCUT2D eigenvalue weighted by Gasteiger charge is 2.57. The lowest BCUT2D eigenvalue weighted by molar-refractivity contribution is 0.0433. The van der Waals surface area contributed by atoms with Crippen molar-refractivity contribution < 1.29 is 10.0 Å². The van der Waals surface area contributed by atoms with Crippen LogP contribution in [-0.4, -0.2) is 17.2 Å². The molecule has 3 aliphatic rings. The molecule has 2 saturated carbocycles. The SMILES string of the molecule is CC1CC2CC(C)C3(c4ccc(-c5ccc(B(O)O)cc5)cc4-c4ccc5ccccc5c43)C(C1)C2. The molecule has 0 aliphatic heterocycles. The van der Waals surface area contributed by atoms with Gasteiger partial charge < -0.3 is 10.0 Å². The van der Waals surface area contributed by atoms with Gasteiger partial charge in [0.15, 0.2) is 0 Å². The number of hydrogen-bond acceptors (Lipinski definition) is 2. The molecule has 2 bridgehead atoms. The lowest BCUT2D eigenvalue weighted by Crippen LogP contribution is -2.49. The highest BCUT2D eigenvalue weighted by atomic mass is 16.4. The molecule has 3 heteroatoms. The Hall–Kier alpha value is -2.88. The normalized spacial score (nSPS) is 28.2. The quantitative estimate of drug-likeness (QED) is 0.325. The standard InChI is InChI=1S/C33H33BO2/c1-20-15-22-17-21(2)33(26(16-20)18-22)31-14-10-25(23-7-11-27(12-8-23)34(35)36)19-30(31)29-13-9-24-5-3-4-6-28(24)32(29)33/h3-14,19-22,26,35-36H,15-18H2,1-2H3. The van der Waals surface area contributed by atoms with Crippen LogP contribution in [0.25, 0.3) is 33.0 Å². The molecule has 2 fully saturated rings. The second-order valence-corrected chi connectivity index (χ2v) is 11.8. The molecule has 7 rings (SSSR count). The van der Waals surface area contributed by atoms with Gasteiger partial charge in [0.1, 0.15) is 0 Å². The van der Waals surface area contributed by atoms with E-state index < -0.39 is 7.12 Å². The highest BCUT2D eigenvalue weighted by Crippen LogP contribution is 2.65. The van der Waals surface area contributed by atoms with Crippen LogP contribution in [0.4, 0.5) is 0 Å². The topological polar surface area (TPSA) is 40.5 Å². The zero-order valence-corrected chi connectivity index (χ0v) is 21.1. The van der Waals surface area contributed by atoms with Gasteiger partial charge in [-0.25, -0.2) is 0 Å². The first-order valence-corrected chi connectivity index (χ1v) is 13.6. The first-order chi connectivity index (χ1) is 17.5. The summed E-state index contributed by atoms with van der Waals surface area (Å²) < 4.78 is 0. The van der Waals surface area contributed by atoms with Gasteiger partial charge in [0.2, 0.25) is 0 Å². The zero-order valence-electron chi connectivity index (χ0n) is 21.1. The van der Waals surface area contributed by atoms with Crippen LogP contribution in [0.5, 0.6) is 0 Å². The van der Waals surface area contributed by atoms with Crippen LogP contribution in [0.1, 0.15) is 50.7 Å². The van der Waals surface area contributed by atoms with E-state index in [9.17, 15) is 10.0 Å². The summed E-state index contributed by atoms with van der Waals surface area (Å²) in [5.41, 5.74) is 8.80. The van der Waals surface area contributed by atoms with Crippen molar-refractivity contribution in [3.63, 3.8) is 0 Å². The largest absolute Gasteiger partial charge is 0.488 e. The molecule has 0 amide bonds. The van der Waals surface area contributed by atoms with Crippen molar-refractivity contribution in [3.05, 3.63) is 90.0 Å². The van der Waals surface area contributed by atoms with E-state index in [1.807, 2.05) is 24.3 Å². The molecular formula is C33H33BO2. The van der Waals surface area contributed by atoms with Gasteiger partial charge in [0.25, 0.3) is 0 Å². The van der Waals surface area contributed by atoms with E-state index in [1.54, 1.807) is 5.56 Å². The van der Waals surface area contributed by atoms with Crippen LogP contribution < -0.4 is 5.46 Å². The number of rotatable bonds is 2. The van der Waals surface area contributed by atoms with Gasteiger partial charge in [0.05, 0.1) is 0 Å². The summed E-state index contributed by atoms with van der Waals surface area (Å²) in [4.78, 5) is 0. The van der Waals surface area contributed by atoms with E-state index in [2.05, 4.69) is 68.4 Å². The fourth-order valence-electron chi connectivity index (χ4n) is 8.57. The Balaban J connectivity index is 1.48. The summed E-state index contributed by atoms with van der Waals surface area (Å²) in [6.07, 6.45) is 5.37. The monoisotopic (exact) mass is 472 g/mol. The van der Waals surface area contributed by atoms with Crippen molar-refractivity contribution in [1.29, 1.82) is 0 Å². The summed E-state index contributed by atoms with van der Waals surface area (Å²) in [6, 6.07) is 28.4. The Morgan fingerprint density at radius 2 is 1.53 bits per heavy atom. The zero-order chi connectivity index (χ0) is 24.6. The Morgan fingerprint density at radius 1 is 0.750 bits per heavy atom. The third-order valence-corrected chi connectivity index (χ3v) is 9.79. The summed E-state index contributed by atoms with van der Waals surface area (Å²) in [5, 5.41) is 21.8. The predicted octanol–water partition coefficient (Wildman–Crippen LogP) is 6.55. The third-order valence-electron chi connectivity index (χ3n) is 9.79. The van der Waals surface area contributed by atoms with Crippen molar-refractivity contribution in [3.8, 4) is 22.3 Å². The Morgan fingerprint density at radius 3 is 2.33 bits per heavy atom. The van der Waals surface area contributed by atoms with Gasteiger partial charge in [-0.1, -0.05) is 86.6 Å². The average Bonchev–Trinajstić information content (AvgIpc) is 3.18. The van der Waals surface area contributed by atoms with E-state index in [0.29, 0.717) is 17.3 Å². The summed E-state index contributed by atoms with van der Waals surface area (Å²) >= 11 is 0. The van der Waals surface area contributed by atoms with E-state index in [1.165, 1.54) is 58.7 Å². The van der Waals surface area contributed by atoms with Gasteiger partial charge in [0, 0.05) is 5.41 Å². The second-order valence-electron chi connectivity index (χ2n) is 11.8. The van der Waals surface area contributed by atoms with Crippen LogP contribution in [0.15, 0.2) is 78.9 Å². The molecule has 0 heterocycles. The molecule has 2 N–H and O–H groups in total. The van der Waals surface area contributed by atoms with Gasteiger partial charge in [-0.05, 0) is 105 Å². The molecule has 0 aromatic heterocycles. The Kier molecular flexibility index (Phi) is 5.00. The van der Waals surface area contributed by atoms with Crippen LogP contribution in [0.3, 0.4) is 0 Å². The van der Waals surface area contributed by atoms with Gasteiger partial charge in [-0.15, -0.1) is 0 Å². The predicted molar refractivity (Wildman–Crippen MR) is 149 cm³/mol. The number of hydrogen-bond donors (Lipinski definition) is 2. The van der Waals surface area contributed by atoms with E-state index in [0.717, 1.165) is 17.4 Å². The van der Waals surface area contributed by atoms with Crippen molar-refractivity contribution >= 4 is 23.4 Å². The maximum absolute atomic E-state index is 9.52. The summed E-state index contributed by atoms with van der Waals surface area (Å²) in [5.74, 6) is 2.94. The van der Waals surface area contributed by atoms with Gasteiger partial charge >= 0.3 is 7.12 Å². The molecule has 4 aromatic rings. The molecule has 0 saturated heterocycles. The van der Waals surface area contributed by atoms with Crippen LogP contribution in [-0.2, 0) is 5.41 Å². The van der Waals surface area contributed by atoms with Crippen LogP contribution in [0, 0.1) is 23.7 Å². The van der Waals surface area contributed by atoms with Gasteiger partial charge in [-0.3, -0.25) is 0 Å². The number of benzene rings is 4. The van der Waals surface area contributed by atoms with Gasteiger partial charge in [-0.2, -0.15) is 0 Å². The molecule has 1 spiro atoms. The second kappa shape index (κ2) is 8.06. The fraction of sp³-hybridized carbons (Fsp3) is 0.333. The Bertz CT molecular complexity index is 1470. The first-order valence-electron chi connectivity index (χ1n) is 13.6. The van der Waals surface area contributed by atoms with E-state index >= 15 is 0 Å². The van der Waals surface area contributed by atoms with E-state index in [-0.39, 0.29) is 5.41 Å². The minimum atomic E-state index is -1.44. The molecule has 180 valence electrons. The van der Waals surface area contributed by atoms with Crippen molar-refractivity contribution in [1.82, 2.24) is 0 Å². The summed E-state index contributed by atoms with van der Waals surface area (Å²) in [7, 11) is -1.44. The molecule has 0 radical (unpaired) electrons. The minimum absolute atomic E-state index is 0.0695. The Labute approximate surface area is 214 Å². The lowest BCUT2D eigenvalue weighted by atomic mass is 9.49. The van der Waals surface area contributed by atoms with Crippen LogP contribution >= 0.6 is 0 Å². The molecule has 5 unspecified atom stereocenters. The maximum atomic E-state index is 9.52.